The van der Waals surface area contributed by atoms with Crippen LogP contribution in [0, 0.1) is 0 Å². The summed E-state index contributed by atoms with van der Waals surface area (Å²) in [7, 11) is 0. The molecule has 0 bridgehead atoms. The number of aromatic nitrogens is 2. The van der Waals surface area contributed by atoms with Crippen LogP contribution in [0.4, 0.5) is 0 Å². The van der Waals surface area contributed by atoms with Gasteiger partial charge in [-0.15, -0.1) is 32.9 Å². The summed E-state index contributed by atoms with van der Waals surface area (Å²) in [6.45, 7) is 3.27. The summed E-state index contributed by atoms with van der Waals surface area (Å²) in [5.74, 6) is 1.23. The van der Waals surface area contributed by atoms with Gasteiger partial charge in [0.25, 0.3) is 5.89 Å². The van der Waals surface area contributed by atoms with E-state index in [1.807, 2.05) is 12.1 Å². The lowest BCUT2D eigenvalue weighted by Crippen LogP contribution is -2.31. The fourth-order valence-electron chi connectivity index (χ4n) is 2.92. The zero-order valence-corrected chi connectivity index (χ0v) is 16.8. The van der Waals surface area contributed by atoms with E-state index in [-0.39, 0.29) is 0 Å². The summed E-state index contributed by atoms with van der Waals surface area (Å²) < 4.78 is 12.8. The van der Waals surface area contributed by atoms with Crippen molar-refractivity contribution in [2.75, 3.05) is 13.2 Å². The molecular weight excluding hydrogens is 422 g/mol. The topological polar surface area (TPSA) is 51.4 Å². The van der Waals surface area contributed by atoms with Crippen LogP contribution in [-0.4, -0.2) is 34.4 Å². The van der Waals surface area contributed by atoms with Crippen LogP contribution in [0.15, 0.2) is 37.8 Å². The number of rotatable bonds is 7. The zero-order chi connectivity index (χ0) is 17.1. The fourth-order valence-corrected chi connectivity index (χ4v) is 4.98. The second kappa shape index (κ2) is 8.09. The summed E-state index contributed by atoms with van der Waals surface area (Å²) in [6, 6.07) is 8.23. The summed E-state index contributed by atoms with van der Waals surface area (Å²) in [4.78, 5) is 4.65. The van der Waals surface area contributed by atoms with Crippen molar-refractivity contribution in [2.24, 2.45) is 0 Å². The maximum Gasteiger partial charge on any atom is 0.257 e. The number of halogens is 1. The van der Waals surface area contributed by atoms with Gasteiger partial charge in [0.2, 0.25) is 5.89 Å². The SMILES string of the molecule is Brc1ccc(-c2nnc(CN(Cc3cccs3)C[C@@H]3CCCO3)o2)s1. The average molecular weight is 440 g/mol. The molecule has 4 rings (SSSR count). The maximum absolute atomic E-state index is 5.89. The van der Waals surface area contributed by atoms with Crippen molar-refractivity contribution < 1.29 is 9.15 Å². The van der Waals surface area contributed by atoms with Crippen molar-refractivity contribution >= 4 is 38.6 Å². The molecule has 4 heterocycles. The van der Waals surface area contributed by atoms with Crippen LogP contribution >= 0.6 is 38.6 Å². The minimum Gasteiger partial charge on any atom is -0.419 e. The van der Waals surface area contributed by atoms with Crippen LogP contribution in [0.3, 0.4) is 0 Å². The third-order valence-corrected chi connectivity index (χ3v) is 6.53. The molecule has 1 fully saturated rings. The zero-order valence-electron chi connectivity index (χ0n) is 13.6. The molecule has 0 aliphatic carbocycles. The first-order valence-corrected chi connectivity index (χ1v) is 10.7. The second-order valence-electron chi connectivity index (χ2n) is 5.99. The molecule has 5 nitrogen and oxygen atoms in total. The predicted octanol–water partition coefficient (Wildman–Crippen LogP) is 4.80. The molecule has 0 aromatic carbocycles. The van der Waals surface area contributed by atoms with E-state index in [0.29, 0.717) is 24.4 Å². The molecule has 25 heavy (non-hydrogen) atoms. The number of hydrogen-bond donors (Lipinski definition) is 0. The molecule has 0 radical (unpaired) electrons. The van der Waals surface area contributed by atoms with Crippen molar-refractivity contribution in [1.82, 2.24) is 15.1 Å². The van der Waals surface area contributed by atoms with Crippen molar-refractivity contribution in [1.29, 1.82) is 0 Å². The van der Waals surface area contributed by atoms with Gasteiger partial charge in [0.15, 0.2) is 0 Å². The molecule has 1 aliphatic rings. The molecule has 0 saturated carbocycles. The van der Waals surface area contributed by atoms with Gasteiger partial charge in [-0.3, -0.25) is 4.90 Å². The Morgan fingerprint density at radius 2 is 2.20 bits per heavy atom. The molecule has 0 N–H and O–H groups in total. The molecule has 0 spiro atoms. The monoisotopic (exact) mass is 439 g/mol. The van der Waals surface area contributed by atoms with Crippen molar-refractivity contribution in [3.05, 3.63) is 44.2 Å². The van der Waals surface area contributed by atoms with Crippen molar-refractivity contribution in [2.45, 2.75) is 32.0 Å². The first-order valence-electron chi connectivity index (χ1n) is 8.21. The van der Waals surface area contributed by atoms with Gasteiger partial charge in [0, 0.05) is 24.6 Å². The van der Waals surface area contributed by atoms with Crippen molar-refractivity contribution in [3.63, 3.8) is 0 Å². The Morgan fingerprint density at radius 1 is 1.24 bits per heavy atom. The van der Waals surface area contributed by atoms with Crippen LogP contribution in [0.25, 0.3) is 10.8 Å². The molecule has 3 aromatic heterocycles. The summed E-state index contributed by atoms with van der Waals surface area (Å²) in [5.41, 5.74) is 0. The Kier molecular flexibility index (Phi) is 5.62. The van der Waals surface area contributed by atoms with Crippen LogP contribution < -0.4 is 0 Å². The lowest BCUT2D eigenvalue weighted by Gasteiger charge is -2.23. The van der Waals surface area contributed by atoms with Crippen LogP contribution in [-0.2, 0) is 17.8 Å². The molecule has 3 aromatic rings. The molecule has 1 saturated heterocycles. The Balaban J connectivity index is 1.46. The summed E-state index contributed by atoms with van der Waals surface area (Å²) in [5, 5.41) is 10.6. The first kappa shape index (κ1) is 17.4. The van der Waals surface area contributed by atoms with Crippen molar-refractivity contribution in [3.8, 4) is 10.8 Å². The first-order chi connectivity index (χ1) is 12.3. The van der Waals surface area contributed by atoms with E-state index in [1.165, 1.54) is 4.88 Å². The van der Waals surface area contributed by atoms with Gasteiger partial charge in [-0.05, 0) is 52.4 Å². The predicted molar refractivity (Wildman–Crippen MR) is 103 cm³/mol. The molecule has 1 aliphatic heterocycles. The lowest BCUT2D eigenvalue weighted by molar-refractivity contribution is 0.0653. The Bertz CT molecular complexity index is 797. The Labute approximate surface area is 162 Å². The lowest BCUT2D eigenvalue weighted by atomic mass is 10.2. The molecule has 8 heteroatoms. The largest absolute Gasteiger partial charge is 0.419 e. The Hall–Kier alpha value is -1.06. The van der Waals surface area contributed by atoms with Gasteiger partial charge in [-0.1, -0.05) is 6.07 Å². The van der Waals surface area contributed by atoms with Crippen LogP contribution in [0.1, 0.15) is 23.6 Å². The second-order valence-corrected chi connectivity index (χ2v) is 9.48. The van der Waals surface area contributed by atoms with Crippen LogP contribution in [0.5, 0.6) is 0 Å². The van der Waals surface area contributed by atoms with Gasteiger partial charge in [-0.25, -0.2) is 0 Å². The highest BCUT2D eigenvalue weighted by atomic mass is 79.9. The number of thiophene rings is 2. The third-order valence-electron chi connectivity index (χ3n) is 4.06. The van der Waals surface area contributed by atoms with Gasteiger partial charge in [-0.2, -0.15) is 0 Å². The van der Waals surface area contributed by atoms with E-state index in [2.05, 4.69) is 48.5 Å². The number of hydrogen-bond acceptors (Lipinski definition) is 7. The van der Waals surface area contributed by atoms with E-state index in [0.717, 1.165) is 41.2 Å². The average Bonchev–Trinajstić information content (AvgIpc) is 3.34. The normalized spacial score (nSPS) is 17.6. The highest BCUT2D eigenvalue weighted by Crippen LogP contribution is 2.30. The maximum atomic E-state index is 5.89. The van der Waals surface area contributed by atoms with Gasteiger partial charge < -0.3 is 9.15 Å². The molecule has 0 amide bonds. The highest BCUT2D eigenvalue weighted by molar-refractivity contribution is 9.11. The van der Waals surface area contributed by atoms with E-state index >= 15 is 0 Å². The molecule has 0 unspecified atom stereocenters. The summed E-state index contributed by atoms with van der Waals surface area (Å²) >= 11 is 6.83. The standard InChI is InChI=1S/C17H18BrN3O2S2/c18-15-6-5-14(25-15)17-20-19-16(23-17)11-21(9-12-3-1-7-22-12)10-13-4-2-8-24-13/h2,4-6,8,12H,1,3,7,9-11H2/t12-/m0/s1. The van der Waals surface area contributed by atoms with E-state index < -0.39 is 0 Å². The fraction of sp³-hybridized carbons (Fsp3) is 0.412. The van der Waals surface area contributed by atoms with E-state index in [4.69, 9.17) is 9.15 Å². The molecule has 132 valence electrons. The van der Waals surface area contributed by atoms with E-state index in [9.17, 15) is 0 Å². The van der Waals surface area contributed by atoms with Gasteiger partial charge >= 0.3 is 0 Å². The molecular formula is C17H18BrN3O2S2. The van der Waals surface area contributed by atoms with E-state index in [1.54, 1.807) is 22.7 Å². The number of ether oxygens (including phenoxy) is 1. The number of nitrogens with zero attached hydrogens (tertiary/aromatic N) is 3. The minimum atomic E-state index is 0.301. The van der Waals surface area contributed by atoms with Gasteiger partial charge in [0.05, 0.1) is 21.3 Å². The summed E-state index contributed by atoms with van der Waals surface area (Å²) in [6.07, 6.45) is 2.57. The smallest absolute Gasteiger partial charge is 0.257 e. The Morgan fingerprint density at radius 3 is 2.92 bits per heavy atom. The third kappa shape index (κ3) is 4.57. The highest BCUT2D eigenvalue weighted by Gasteiger charge is 2.21. The molecule has 1 atom stereocenters. The minimum absolute atomic E-state index is 0.301. The van der Waals surface area contributed by atoms with Gasteiger partial charge in [0.1, 0.15) is 0 Å². The quantitative estimate of drug-likeness (QED) is 0.528. The van der Waals surface area contributed by atoms with Crippen LogP contribution in [0.2, 0.25) is 0 Å².